The zero-order valence-corrected chi connectivity index (χ0v) is 8.72. The Bertz CT molecular complexity index is 367. The van der Waals surface area contributed by atoms with Gasteiger partial charge in [0.2, 0.25) is 5.88 Å². The Hall–Kier alpha value is -1.82. The SMILES string of the molecule is COC(=O)N(O)c1cnc(OC)cc1C. The summed E-state index contributed by atoms with van der Waals surface area (Å²) < 4.78 is 9.25. The number of aryl methyl sites for hydroxylation is 1. The Labute approximate surface area is 87.0 Å². The number of nitrogens with zero attached hydrogens (tertiary/aromatic N) is 2. The lowest BCUT2D eigenvalue weighted by Gasteiger charge is -2.15. The second-order valence-corrected chi connectivity index (χ2v) is 2.79. The summed E-state index contributed by atoms with van der Waals surface area (Å²) in [4.78, 5) is 14.9. The molecule has 6 heteroatoms. The van der Waals surface area contributed by atoms with Crippen LogP contribution in [0, 0.1) is 6.92 Å². The lowest BCUT2D eigenvalue weighted by atomic mass is 10.2. The first-order valence-corrected chi connectivity index (χ1v) is 4.17. The number of hydrogen-bond donors (Lipinski definition) is 1. The fourth-order valence-electron chi connectivity index (χ4n) is 1.04. The van der Waals surface area contributed by atoms with Crippen molar-refractivity contribution in [3.63, 3.8) is 0 Å². The molecule has 1 heterocycles. The average Bonchev–Trinajstić information content (AvgIpc) is 2.26. The topological polar surface area (TPSA) is 71.9 Å². The predicted octanol–water partition coefficient (Wildman–Crippen LogP) is 1.36. The number of amides is 1. The second kappa shape index (κ2) is 4.61. The van der Waals surface area contributed by atoms with Crippen molar-refractivity contribution < 1.29 is 19.5 Å². The fraction of sp³-hybridized carbons (Fsp3) is 0.333. The summed E-state index contributed by atoms with van der Waals surface area (Å²) in [6.45, 7) is 1.71. The van der Waals surface area contributed by atoms with Crippen LogP contribution in [0.5, 0.6) is 5.88 Å². The molecule has 0 atom stereocenters. The molecule has 1 aromatic rings. The fourth-order valence-corrected chi connectivity index (χ4v) is 1.04. The van der Waals surface area contributed by atoms with Crippen LogP contribution in [0.4, 0.5) is 10.5 Å². The minimum absolute atomic E-state index is 0.252. The molecule has 1 rings (SSSR count). The molecule has 0 saturated carbocycles. The summed E-state index contributed by atoms with van der Waals surface area (Å²) in [7, 11) is 2.66. The van der Waals surface area contributed by atoms with Crippen molar-refractivity contribution >= 4 is 11.8 Å². The number of aromatic nitrogens is 1. The normalized spacial score (nSPS) is 9.60. The van der Waals surface area contributed by atoms with Crippen molar-refractivity contribution in [1.29, 1.82) is 0 Å². The van der Waals surface area contributed by atoms with E-state index in [9.17, 15) is 10.0 Å². The van der Waals surface area contributed by atoms with Crippen LogP contribution in [0.25, 0.3) is 0 Å². The van der Waals surface area contributed by atoms with Crippen LogP contribution in [0.15, 0.2) is 12.3 Å². The Morgan fingerprint density at radius 2 is 2.20 bits per heavy atom. The van der Waals surface area contributed by atoms with Crippen molar-refractivity contribution in [2.75, 3.05) is 19.3 Å². The van der Waals surface area contributed by atoms with Crippen molar-refractivity contribution in [2.24, 2.45) is 0 Å². The van der Waals surface area contributed by atoms with Gasteiger partial charge in [0.25, 0.3) is 0 Å². The molecule has 0 aliphatic heterocycles. The standard InChI is InChI=1S/C9H12N2O4/c1-6-4-8(14-2)10-5-7(6)11(13)9(12)15-3/h4-5,13H,1-3H3. The number of carbonyl (C=O) groups excluding carboxylic acids is 1. The van der Waals surface area contributed by atoms with Crippen molar-refractivity contribution in [3.05, 3.63) is 17.8 Å². The highest BCUT2D eigenvalue weighted by Crippen LogP contribution is 2.21. The number of carbonyl (C=O) groups is 1. The van der Waals surface area contributed by atoms with Crippen LogP contribution in [-0.2, 0) is 4.74 Å². The summed E-state index contributed by atoms with van der Waals surface area (Å²) in [5.41, 5.74) is 0.900. The molecule has 1 N–H and O–H groups in total. The van der Waals surface area contributed by atoms with E-state index < -0.39 is 6.09 Å². The first-order chi connectivity index (χ1) is 7.10. The van der Waals surface area contributed by atoms with E-state index in [4.69, 9.17) is 4.74 Å². The van der Waals surface area contributed by atoms with Crippen molar-refractivity contribution in [2.45, 2.75) is 6.92 Å². The largest absolute Gasteiger partial charge is 0.481 e. The summed E-state index contributed by atoms with van der Waals surface area (Å²) in [6.07, 6.45) is 0.454. The van der Waals surface area contributed by atoms with Crippen molar-refractivity contribution in [1.82, 2.24) is 4.98 Å². The summed E-state index contributed by atoms with van der Waals surface area (Å²) in [5.74, 6) is 0.412. The Morgan fingerprint density at radius 1 is 1.53 bits per heavy atom. The zero-order chi connectivity index (χ0) is 11.4. The molecular weight excluding hydrogens is 200 g/mol. The Balaban J connectivity index is 3.00. The second-order valence-electron chi connectivity index (χ2n) is 2.79. The number of hydroxylamine groups is 1. The molecule has 0 saturated heterocycles. The van der Waals surface area contributed by atoms with Gasteiger partial charge in [0, 0.05) is 6.07 Å². The maximum absolute atomic E-state index is 11.0. The lowest BCUT2D eigenvalue weighted by molar-refractivity contribution is 0.140. The molecule has 0 aliphatic rings. The Kier molecular flexibility index (Phi) is 3.46. The quantitative estimate of drug-likeness (QED) is 0.592. The molecule has 0 radical (unpaired) electrons. The zero-order valence-electron chi connectivity index (χ0n) is 8.72. The van der Waals surface area contributed by atoms with E-state index in [1.165, 1.54) is 20.4 Å². The third-order valence-corrected chi connectivity index (χ3v) is 1.84. The first-order valence-electron chi connectivity index (χ1n) is 4.17. The lowest BCUT2D eigenvalue weighted by Crippen LogP contribution is -2.27. The van der Waals surface area contributed by atoms with Gasteiger partial charge in [-0.25, -0.2) is 9.78 Å². The van der Waals surface area contributed by atoms with Gasteiger partial charge in [0.1, 0.15) is 0 Å². The van der Waals surface area contributed by atoms with Gasteiger partial charge in [0.05, 0.1) is 26.1 Å². The first kappa shape index (κ1) is 11.3. The molecule has 6 nitrogen and oxygen atoms in total. The van der Waals surface area contributed by atoms with Crippen LogP contribution in [0.3, 0.4) is 0 Å². The number of ether oxygens (including phenoxy) is 2. The van der Waals surface area contributed by atoms with E-state index in [1.807, 2.05) is 0 Å². The van der Waals surface area contributed by atoms with Crippen LogP contribution in [0.2, 0.25) is 0 Å². The van der Waals surface area contributed by atoms with Gasteiger partial charge in [-0.05, 0) is 12.5 Å². The number of hydrogen-bond acceptors (Lipinski definition) is 5. The molecule has 1 aromatic heterocycles. The van der Waals surface area contributed by atoms with E-state index >= 15 is 0 Å². The molecule has 0 fully saturated rings. The molecule has 0 unspecified atom stereocenters. The molecule has 82 valence electrons. The van der Waals surface area contributed by atoms with Gasteiger partial charge in [-0.15, -0.1) is 0 Å². The summed E-state index contributed by atoms with van der Waals surface area (Å²) in [5, 5.41) is 9.80. The summed E-state index contributed by atoms with van der Waals surface area (Å²) >= 11 is 0. The number of anilines is 1. The Morgan fingerprint density at radius 3 is 2.67 bits per heavy atom. The van der Waals surface area contributed by atoms with Gasteiger partial charge in [-0.3, -0.25) is 5.21 Å². The third kappa shape index (κ3) is 2.35. The van der Waals surface area contributed by atoms with Crippen LogP contribution < -0.4 is 9.80 Å². The highest BCUT2D eigenvalue weighted by atomic mass is 16.6. The maximum Gasteiger partial charge on any atom is 0.438 e. The van der Waals surface area contributed by atoms with Gasteiger partial charge in [-0.2, -0.15) is 5.06 Å². The van der Waals surface area contributed by atoms with Crippen LogP contribution in [-0.4, -0.2) is 30.5 Å². The van der Waals surface area contributed by atoms with E-state index in [0.717, 1.165) is 0 Å². The van der Waals surface area contributed by atoms with Gasteiger partial charge < -0.3 is 9.47 Å². The predicted molar refractivity (Wildman–Crippen MR) is 52.2 cm³/mol. The van der Waals surface area contributed by atoms with Gasteiger partial charge in [-0.1, -0.05) is 0 Å². The van der Waals surface area contributed by atoms with Crippen molar-refractivity contribution in [3.8, 4) is 5.88 Å². The molecule has 0 aromatic carbocycles. The molecule has 0 bridgehead atoms. The molecule has 15 heavy (non-hydrogen) atoms. The minimum atomic E-state index is -0.870. The van der Waals surface area contributed by atoms with E-state index in [2.05, 4.69) is 9.72 Å². The molecule has 1 amide bonds. The van der Waals surface area contributed by atoms with E-state index in [-0.39, 0.29) is 5.69 Å². The highest BCUT2D eigenvalue weighted by Gasteiger charge is 2.16. The highest BCUT2D eigenvalue weighted by molar-refractivity contribution is 5.85. The molecular formula is C9H12N2O4. The van der Waals surface area contributed by atoms with Crippen LogP contribution >= 0.6 is 0 Å². The number of pyridine rings is 1. The number of rotatable bonds is 2. The van der Waals surface area contributed by atoms with E-state index in [0.29, 0.717) is 16.5 Å². The molecule has 0 spiro atoms. The van der Waals surface area contributed by atoms with Gasteiger partial charge >= 0.3 is 6.09 Å². The molecule has 0 aliphatic carbocycles. The summed E-state index contributed by atoms with van der Waals surface area (Å²) in [6, 6.07) is 1.60. The third-order valence-electron chi connectivity index (χ3n) is 1.84. The van der Waals surface area contributed by atoms with Gasteiger partial charge in [0.15, 0.2) is 0 Å². The monoisotopic (exact) mass is 212 g/mol. The minimum Gasteiger partial charge on any atom is -0.481 e. The number of methoxy groups -OCH3 is 2. The van der Waals surface area contributed by atoms with Crippen LogP contribution in [0.1, 0.15) is 5.56 Å². The average molecular weight is 212 g/mol. The smallest absolute Gasteiger partial charge is 0.438 e. The van der Waals surface area contributed by atoms with E-state index in [1.54, 1.807) is 13.0 Å². The maximum atomic E-state index is 11.0.